The zero-order valence-electron chi connectivity index (χ0n) is 12.7. The summed E-state index contributed by atoms with van der Waals surface area (Å²) in [7, 11) is 0. The van der Waals surface area contributed by atoms with Crippen LogP contribution < -0.4 is 5.32 Å². The molecule has 1 amide bonds. The second-order valence-corrected chi connectivity index (χ2v) is 6.68. The molecule has 2 saturated heterocycles. The van der Waals surface area contributed by atoms with Crippen molar-refractivity contribution in [1.29, 1.82) is 0 Å². The Labute approximate surface area is 122 Å². The van der Waals surface area contributed by atoms with Crippen molar-refractivity contribution in [3.63, 3.8) is 0 Å². The van der Waals surface area contributed by atoms with E-state index in [1.807, 2.05) is 0 Å². The topological polar surface area (TPSA) is 41.6 Å². The molecule has 2 unspecified atom stereocenters. The maximum atomic E-state index is 12.9. The van der Waals surface area contributed by atoms with Crippen molar-refractivity contribution in [2.75, 3.05) is 13.2 Å². The van der Waals surface area contributed by atoms with Crippen molar-refractivity contribution < 1.29 is 9.53 Å². The summed E-state index contributed by atoms with van der Waals surface area (Å²) < 4.78 is 5.84. The van der Waals surface area contributed by atoms with E-state index >= 15 is 0 Å². The normalized spacial score (nSPS) is 33.2. The van der Waals surface area contributed by atoms with E-state index in [-0.39, 0.29) is 17.8 Å². The molecule has 3 rings (SSSR count). The molecule has 2 heterocycles. The van der Waals surface area contributed by atoms with Crippen LogP contribution in [-0.2, 0) is 9.53 Å². The standard InChI is InChI=1S/C16H28N2O2/c1-2-7-14-17-16(9-4-5-10-16)15(19)18(14)12-13-8-3-6-11-20-13/h13-14,17H,2-12H2,1H3. The van der Waals surface area contributed by atoms with E-state index in [1.165, 1.54) is 25.7 Å². The van der Waals surface area contributed by atoms with E-state index in [0.29, 0.717) is 5.91 Å². The number of amides is 1. The predicted molar refractivity (Wildman–Crippen MR) is 78.3 cm³/mol. The van der Waals surface area contributed by atoms with Crippen LogP contribution in [0, 0.1) is 0 Å². The Hall–Kier alpha value is -0.610. The first-order valence-electron chi connectivity index (χ1n) is 8.45. The molecule has 3 aliphatic rings. The summed E-state index contributed by atoms with van der Waals surface area (Å²) in [6, 6.07) is 0. The molecule has 4 heteroatoms. The summed E-state index contributed by atoms with van der Waals surface area (Å²) in [6.45, 7) is 3.85. The van der Waals surface area contributed by atoms with Gasteiger partial charge < -0.3 is 9.64 Å². The maximum Gasteiger partial charge on any atom is 0.244 e. The van der Waals surface area contributed by atoms with Crippen LogP contribution >= 0.6 is 0 Å². The van der Waals surface area contributed by atoms with E-state index < -0.39 is 0 Å². The lowest BCUT2D eigenvalue weighted by Gasteiger charge is -2.30. The van der Waals surface area contributed by atoms with E-state index in [9.17, 15) is 4.79 Å². The molecule has 2 atom stereocenters. The predicted octanol–water partition coefficient (Wildman–Crippen LogP) is 2.43. The van der Waals surface area contributed by atoms with Gasteiger partial charge in [0.25, 0.3) is 0 Å². The second kappa shape index (κ2) is 6.02. The van der Waals surface area contributed by atoms with E-state index in [2.05, 4.69) is 17.1 Å². The molecule has 0 radical (unpaired) electrons. The summed E-state index contributed by atoms with van der Waals surface area (Å²) in [6.07, 6.45) is 10.6. The van der Waals surface area contributed by atoms with Crippen molar-refractivity contribution in [1.82, 2.24) is 10.2 Å². The van der Waals surface area contributed by atoms with E-state index in [0.717, 1.165) is 45.3 Å². The van der Waals surface area contributed by atoms with Gasteiger partial charge in [-0.2, -0.15) is 0 Å². The molecular weight excluding hydrogens is 252 g/mol. The molecular formula is C16H28N2O2. The first-order valence-corrected chi connectivity index (χ1v) is 8.45. The number of ether oxygens (including phenoxy) is 1. The molecule has 1 N–H and O–H groups in total. The van der Waals surface area contributed by atoms with Crippen LogP contribution in [0.2, 0.25) is 0 Å². The van der Waals surface area contributed by atoms with Gasteiger partial charge in [0.1, 0.15) is 0 Å². The van der Waals surface area contributed by atoms with Gasteiger partial charge in [-0.3, -0.25) is 10.1 Å². The van der Waals surface area contributed by atoms with E-state index in [4.69, 9.17) is 4.74 Å². The van der Waals surface area contributed by atoms with Crippen molar-refractivity contribution in [3.05, 3.63) is 0 Å². The van der Waals surface area contributed by atoms with Crippen molar-refractivity contribution >= 4 is 5.91 Å². The fraction of sp³-hybridized carbons (Fsp3) is 0.938. The number of nitrogens with one attached hydrogen (secondary N) is 1. The van der Waals surface area contributed by atoms with Gasteiger partial charge in [-0.05, 0) is 38.5 Å². The molecule has 20 heavy (non-hydrogen) atoms. The minimum atomic E-state index is -0.228. The Bertz CT molecular complexity index is 346. The summed E-state index contributed by atoms with van der Waals surface area (Å²) in [5.41, 5.74) is -0.228. The van der Waals surface area contributed by atoms with Gasteiger partial charge in [-0.25, -0.2) is 0 Å². The molecule has 0 aromatic carbocycles. The molecule has 114 valence electrons. The third-order valence-corrected chi connectivity index (χ3v) is 5.18. The van der Waals surface area contributed by atoms with Crippen molar-refractivity contribution in [2.45, 2.75) is 82.5 Å². The summed E-state index contributed by atoms with van der Waals surface area (Å²) >= 11 is 0. The molecule has 4 nitrogen and oxygen atoms in total. The zero-order valence-corrected chi connectivity index (χ0v) is 12.7. The quantitative estimate of drug-likeness (QED) is 0.860. The largest absolute Gasteiger partial charge is 0.376 e. The maximum absolute atomic E-state index is 12.9. The van der Waals surface area contributed by atoms with Crippen LogP contribution in [0.1, 0.15) is 64.7 Å². The van der Waals surface area contributed by atoms with Crippen molar-refractivity contribution in [2.24, 2.45) is 0 Å². The highest BCUT2D eigenvalue weighted by atomic mass is 16.5. The average Bonchev–Trinajstić information content (AvgIpc) is 3.03. The molecule has 0 aromatic heterocycles. The number of hydrogen-bond acceptors (Lipinski definition) is 3. The minimum absolute atomic E-state index is 0.228. The Kier molecular flexibility index (Phi) is 4.32. The molecule has 0 bridgehead atoms. The third-order valence-electron chi connectivity index (χ3n) is 5.18. The van der Waals surface area contributed by atoms with Crippen LogP contribution in [0.25, 0.3) is 0 Å². The minimum Gasteiger partial charge on any atom is -0.376 e. The highest BCUT2D eigenvalue weighted by molar-refractivity contribution is 5.89. The Morgan fingerprint density at radius 1 is 1.30 bits per heavy atom. The van der Waals surface area contributed by atoms with E-state index in [1.54, 1.807) is 0 Å². The summed E-state index contributed by atoms with van der Waals surface area (Å²) in [4.78, 5) is 15.0. The lowest BCUT2D eigenvalue weighted by atomic mass is 9.98. The van der Waals surface area contributed by atoms with Crippen LogP contribution in [0.5, 0.6) is 0 Å². The monoisotopic (exact) mass is 280 g/mol. The van der Waals surface area contributed by atoms with Crippen LogP contribution in [-0.4, -0.2) is 41.8 Å². The third kappa shape index (κ3) is 2.60. The number of carbonyl (C=O) groups is 1. The van der Waals surface area contributed by atoms with Gasteiger partial charge >= 0.3 is 0 Å². The van der Waals surface area contributed by atoms with Gasteiger partial charge in [0, 0.05) is 13.2 Å². The number of rotatable bonds is 4. The van der Waals surface area contributed by atoms with Crippen LogP contribution in [0.3, 0.4) is 0 Å². The smallest absolute Gasteiger partial charge is 0.244 e. The Morgan fingerprint density at radius 2 is 2.10 bits per heavy atom. The molecule has 1 spiro atoms. The summed E-state index contributed by atoms with van der Waals surface area (Å²) in [5, 5.41) is 3.68. The number of carbonyl (C=O) groups excluding carboxylic acids is 1. The van der Waals surface area contributed by atoms with Crippen LogP contribution in [0.15, 0.2) is 0 Å². The fourth-order valence-corrected chi connectivity index (χ4v) is 4.09. The SMILES string of the molecule is CCCC1NC2(CCCC2)C(=O)N1CC1CCCCO1. The molecule has 1 aliphatic carbocycles. The molecule has 3 fully saturated rings. The second-order valence-electron chi connectivity index (χ2n) is 6.68. The zero-order chi connectivity index (χ0) is 14.0. The molecule has 2 aliphatic heterocycles. The Morgan fingerprint density at radius 3 is 2.75 bits per heavy atom. The lowest BCUT2D eigenvalue weighted by Crippen LogP contribution is -2.45. The highest BCUT2D eigenvalue weighted by Crippen LogP contribution is 2.37. The van der Waals surface area contributed by atoms with Gasteiger partial charge in [0.2, 0.25) is 5.91 Å². The number of hydrogen-bond donors (Lipinski definition) is 1. The Balaban J connectivity index is 1.70. The summed E-state index contributed by atoms with van der Waals surface area (Å²) in [5.74, 6) is 0.350. The molecule has 0 aromatic rings. The first-order chi connectivity index (χ1) is 9.75. The first kappa shape index (κ1) is 14.3. The van der Waals surface area contributed by atoms with Gasteiger partial charge in [0.05, 0.1) is 17.8 Å². The fourth-order valence-electron chi connectivity index (χ4n) is 4.09. The highest BCUT2D eigenvalue weighted by Gasteiger charge is 2.52. The van der Waals surface area contributed by atoms with Gasteiger partial charge in [-0.15, -0.1) is 0 Å². The average molecular weight is 280 g/mol. The van der Waals surface area contributed by atoms with Gasteiger partial charge in [-0.1, -0.05) is 26.2 Å². The van der Waals surface area contributed by atoms with Crippen molar-refractivity contribution in [3.8, 4) is 0 Å². The van der Waals surface area contributed by atoms with Crippen LogP contribution in [0.4, 0.5) is 0 Å². The number of nitrogens with zero attached hydrogens (tertiary/aromatic N) is 1. The molecule has 1 saturated carbocycles. The van der Waals surface area contributed by atoms with Gasteiger partial charge in [0.15, 0.2) is 0 Å². The lowest BCUT2D eigenvalue weighted by molar-refractivity contribution is -0.135.